The van der Waals surface area contributed by atoms with Crippen LogP contribution in [0.15, 0.2) is 15.7 Å². The zero-order chi connectivity index (χ0) is 17.7. The number of hydrogen-bond acceptors (Lipinski definition) is 7. The van der Waals surface area contributed by atoms with Gasteiger partial charge in [-0.3, -0.25) is 9.59 Å². The van der Waals surface area contributed by atoms with Crippen molar-refractivity contribution < 1.29 is 23.7 Å². The first kappa shape index (κ1) is 15.8. The van der Waals surface area contributed by atoms with Crippen LogP contribution in [0.25, 0.3) is 0 Å². The van der Waals surface area contributed by atoms with Crippen molar-refractivity contribution in [3.8, 4) is 0 Å². The number of ether oxygens (including phenoxy) is 1. The number of aromatic nitrogens is 1. The van der Waals surface area contributed by atoms with Crippen LogP contribution in [0.2, 0.25) is 0 Å². The average molecular weight is 360 g/mol. The van der Waals surface area contributed by atoms with E-state index < -0.39 is 0 Å². The van der Waals surface area contributed by atoms with E-state index in [0.717, 1.165) is 18.6 Å². The summed E-state index contributed by atoms with van der Waals surface area (Å²) in [4.78, 5) is 34.3. The Balaban J connectivity index is 1.26. The summed E-state index contributed by atoms with van der Waals surface area (Å²) < 4.78 is 10.6. The van der Waals surface area contributed by atoms with Gasteiger partial charge in [-0.2, -0.15) is 0 Å². The van der Waals surface area contributed by atoms with E-state index in [1.807, 2.05) is 0 Å². The van der Waals surface area contributed by atoms with Gasteiger partial charge in [-0.05, 0) is 12.8 Å². The van der Waals surface area contributed by atoms with Crippen molar-refractivity contribution in [3.63, 3.8) is 0 Å². The summed E-state index contributed by atoms with van der Waals surface area (Å²) in [5, 5.41) is 7.93. The number of amides is 2. The molecule has 2 amide bonds. The molecule has 26 heavy (non-hydrogen) atoms. The van der Waals surface area contributed by atoms with Gasteiger partial charge in [0.05, 0.1) is 25.7 Å². The highest BCUT2D eigenvalue weighted by Gasteiger charge is 2.47. The Morgan fingerprint density at radius 2 is 1.88 bits per heavy atom. The van der Waals surface area contributed by atoms with Crippen LogP contribution >= 0.6 is 0 Å². The second-order valence-corrected chi connectivity index (χ2v) is 7.23. The molecule has 0 spiro atoms. The number of likely N-dealkylation sites (tertiary alicyclic amines) is 1. The average Bonchev–Trinajstić information content (AvgIpc) is 3.09. The molecule has 2 atom stereocenters. The van der Waals surface area contributed by atoms with Crippen molar-refractivity contribution in [1.29, 1.82) is 0 Å². The highest BCUT2D eigenvalue weighted by Crippen LogP contribution is 2.40. The first-order chi connectivity index (χ1) is 12.7. The van der Waals surface area contributed by atoms with Gasteiger partial charge in [0.25, 0.3) is 11.8 Å². The molecule has 0 unspecified atom stereocenters. The van der Waals surface area contributed by atoms with Crippen molar-refractivity contribution in [2.45, 2.75) is 24.9 Å². The van der Waals surface area contributed by atoms with E-state index >= 15 is 0 Å². The first-order valence-corrected chi connectivity index (χ1v) is 9.07. The molecule has 138 valence electrons. The molecule has 1 aliphatic carbocycles. The van der Waals surface area contributed by atoms with Gasteiger partial charge in [0.1, 0.15) is 5.76 Å². The molecule has 1 aromatic heterocycles. The third-order valence-electron chi connectivity index (χ3n) is 5.44. The van der Waals surface area contributed by atoms with Crippen LogP contribution in [0.3, 0.4) is 0 Å². The second kappa shape index (κ2) is 6.08. The molecule has 0 N–H and O–H groups in total. The zero-order valence-corrected chi connectivity index (χ0v) is 14.3. The lowest BCUT2D eigenvalue weighted by Gasteiger charge is -2.27. The molecular formula is C17H20N4O5. The van der Waals surface area contributed by atoms with Crippen LogP contribution < -0.4 is 0 Å². The minimum Gasteiger partial charge on any atom is -0.389 e. The van der Waals surface area contributed by atoms with Crippen molar-refractivity contribution in [3.05, 3.63) is 17.5 Å². The number of hydrogen-bond donors (Lipinski definition) is 0. The minimum absolute atomic E-state index is 0.118. The Labute approximate surface area is 149 Å². The Kier molecular flexibility index (Phi) is 3.70. The van der Waals surface area contributed by atoms with Gasteiger partial charge in [0, 0.05) is 31.6 Å². The maximum atomic E-state index is 12.7. The quantitative estimate of drug-likeness (QED) is 0.766. The smallest absolute Gasteiger partial charge is 0.276 e. The molecule has 4 aliphatic rings. The standard InChI is InChI=1S/C17H20N4O5/c22-16(12-7-13(25-18-12)10-1-2-10)21-8-11-14(9-21)26-19-15(11)17(23)20-3-5-24-6-4-20/h7,10-11,14H,1-6,8-9H2/t11-,14+/m0/s1. The molecule has 0 radical (unpaired) electrons. The number of rotatable bonds is 3. The van der Waals surface area contributed by atoms with Gasteiger partial charge in [0.2, 0.25) is 0 Å². The molecule has 4 heterocycles. The van der Waals surface area contributed by atoms with Crippen LogP contribution in [0.1, 0.15) is 35.0 Å². The summed E-state index contributed by atoms with van der Waals surface area (Å²) in [6.45, 7) is 2.99. The maximum Gasteiger partial charge on any atom is 0.276 e. The van der Waals surface area contributed by atoms with E-state index in [0.29, 0.717) is 56.7 Å². The highest BCUT2D eigenvalue weighted by molar-refractivity contribution is 6.40. The lowest BCUT2D eigenvalue weighted by atomic mass is 10.00. The number of fused-ring (bicyclic) bond motifs is 1. The summed E-state index contributed by atoms with van der Waals surface area (Å²) >= 11 is 0. The fraction of sp³-hybridized carbons (Fsp3) is 0.647. The van der Waals surface area contributed by atoms with Gasteiger partial charge in [-0.25, -0.2) is 0 Å². The lowest BCUT2D eigenvalue weighted by Crippen LogP contribution is -2.46. The van der Waals surface area contributed by atoms with Gasteiger partial charge in [0.15, 0.2) is 17.5 Å². The summed E-state index contributed by atoms with van der Waals surface area (Å²) in [6.07, 6.45) is 1.91. The van der Waals surface area contributed by atoms with Crippen molar-refractivity contribution in [1.82, 2.24) is 15.0 Å². The molecule has 9 heteroatoms. The predicted molar refractivity (Wildman–Crippen MR) is 87.6 cm³/mol. The number of carbonyl (C=O) groups is 2. The monoisotopic (exact) mass is 360 g/mol. The Bertz CT molecular complexity index is 765. The van der Waals surface area contributed by atoms with Crippen LogP contribution in [-0.2, 0) is 14.4 Å². The predicted octanol–water partition coefficient (Wildman–Crippen LogP) is 0.238. The third-order valence-corrected chi connectivity index (χ3v) is 5.44. The van der Waals surface area contributed by atoms with Gasteiger partial charge < -0.3 is 23.9 Å². The van der Waals surface area contributed by atoms with Gasteiger partial charge in [-0.15, -0.1) is 0 Å². The molecule has 1 saturated carbocycles. The molecule has 0 bridgehead atoms. The summed E-state index contributed by atoms with van der Waals surface area (Å²) in [5.74, 6) is 0.706. The van der Waals surface area contributed by atoms with Gasteiger partial charge in [-0.1, -0.05) is 10.3 Å². The van der Waals surface area contributed by atoms with E-state index in [9.17, 15) is 9.59 Å². The molecule has 3 aliphatic heterocycles. The van der Waals surface area contributed by atoms with Crippen LogP contribution in [0.5, 0.6) is 0 Å². The van der Waals surface area contributed by atoms with Crippen LogP contribution in [0, 0.1) is 5.92 Å². The Hall–Kier alpha value is -2.42. The van der Waals surface area contributed by atoms with Crippen LogP contribution in [-0.4, -0.2) is 78.0 Å². The molecule has 1 aromatic rings. The molecule has 5 rings (SSSR count). The van der Waals surface area contributed by atoms with Gasteiger partial charge >= 0.3 is 0 Å². The molecule has 2 saturated heterocycles. The van der Waals surface area contributed by atoms with E-state index in [-0.39, 0.29) is 23.8 Å². The summed E-state index contributed by atoms with van der Waals surface area (Å²) in [7, 11) is 0. The maximum absolute atomic E-state index is 12.7. The number of nitrogens with zero attached hydrogens (tertiary/aromatic N) is 4. The second-order valence-electron chi connectivity index (χ2n) is 7.23. The zero-order valence-electron chi connectivity index (χ0n) is 14.3. The molecule has 3 fully saturated rings. The molecule has 0 aromatic carbocycles. The van der Waals surface area contributed by atoms with Crippen molar-refractivity contribution in [2.24, 2.45) is 11.1 Å². The Morgan fingerprint density at radius 3 is 2.65 bits per heavy atom. The van der Waals surface area contributed by atoms with Crippen molar-refractivity contribution >= 4 is 17.5 Å². The molecule has 9 nitrogen and oxygen atoms in total. The minimum atomic E-state index is -0.270. The number of carbonyl (C=O) groups excluding carboxylic acids is 2. The van der Waals surface area contributed by atoms with Crippen LogP contribution in [0.4, 0.5) is 0 Å². The SMILES string of the molecule is O=C(C1=NO[C@@H]2CN(C(=O)c3cc(C4CC4)on3)C[C@H]12)N1CCOCC1. The van der Waals surface area contributed by atoms with E-state index in [4.69, 9.17) is 14.1 Å². The van der Waals surface area contributed by atoms with E-state index in [2.05, 4.69) is 10.3 Å². The fourth-order valence-electron chi connectivity index (χ4n) is 3.74. The summed E-state index contributed by atoms with van der Waals surface area (Å²) in [6, 6.07) is 1.74. The highest BCUT2D eigenvalue weighted by atomic mass is 16.6. The number of oxime groups is 1. The van der Waals surface area contributed by atoms with Crippen molar-refractivity contribution in [2.75, 3.05) is 39.4 Å². The lowest BCUT2D eigenvalue weighted by molar-refractivity contribution is -0.128. The summed E-state index contributed by atoms with van der Waals surface area (Å²) in [5.41, 5.74) is 0.732. The van der Waals surface area contributed by atoms with E-state index in [1.165, 1.54) is 0 Å². The largest absolute Gasteiger partial charge is 0.389 e. The first-order valence-electron chi connectivity index (χ1n) is 9.07. The topological polar surface area (TPSA) is 97.5 Å². The molecular weight excluding hydrogens is 340 g/mol. The third kappa shape index (κ3) is 2.66. The normalized spacial score (nSPS) is 27.9. The van der Waals surface area contributed by atoms with E-state index in [1.54, 1.807) is 15.9 Å². The Morgan fingerprint density at radius 1 is 1.08 bits per heavy atom. The fourth-order valence-corrected chi connectivity index (χ4v) is 3.74. The number of morpholine rings is 1.